The van der Waals surface area contributed by atoms with E-state index in [1.54, 1.807) is 11.9 Å². The number of aromatic nitrogens is 2. The van der Waals surface area contributed by atoms with Gasteiger partial charge < -0.3 is 20.1 Å². The number of amides is 1. The number of nitrogens with zero attached hydrogens (tertiary/aromatic N) is 1. The number of H-pyrrole nitrogens is 1. The first kappa shape index (κ1) is 18.1. The van der Waals surface area contributed by atoms with Crippen molar-refractivity contribution in [2.75, 3.05) is 11.9 Å². The van der Waals surface area contributed by atoms with Gasteiger partial charge in [0.05, 0.1) is 12.3 Å². The number of carbonyl (C=O) groups excluding carboxylic acids is 1. The number of carbonyl (C=O) groups is 1. The van der Waals surface area contributed by atoms with E-state index in [0.29, 0.717) is 13.0 Å². The first-order chi connectivity index (χ1) is 13.1. The molecule has 2 aliphatic rings. The molecule has 1 fully saturated rings. The fourth-order valence-corrected chi connectivity index (χ4v) is 3.90. The van der Waals surface area contributed by atoms with Gasteiger partial charge in [0.15, 0.2) is 5.82 Å². The van der Waals surface area contributed by atoms with Gasteiger partial charge in [0.1, 0.15) is 12.2 Å². The number of rotatable bonds is 5. The lowest BCUT2D eigenvalue weighted by Crippen LogP contribution is -2.33. The molecule has 1 amide bonds. The minimum Gasteiger partial charge on any atom is -0.444 e. The van der Waals surface area contributed by atoms with E-state index in [9.17, 15) is 4.79 Å². The van der Waals surface area contributed by atoms with E-state index in [1.807, 2.05) is 26.0 Å². The van der Waals surface area contributed by atoms with Crippen LogP contribution in [0.25, 0.3) is 0 Å². The first-order valence-electron chi connectivity index (χ1n) is 9.00. The number of ether oxygens (including phenoxy) is 2. The van der Waals surface area contributed by atoms with Crippen LogP contribution in [-0.4, -0.2) is 35.0 Å². The molecule has 0 spiro atoms. The number of fused-ring (bicyclic) bond motifs is 1. The second-order valence-electron chi connectivity index (χ2n) is 6.96. The monoisotopic (exact) mass is 389 g/mol. The molecule has 9 heteroatoms. The van der Waals surface area contributed by atoms with E-state index < -0.39 is 6.09 Å². The molecule has 1 aromatic carbocycles. The molecule has 2 unspecified atom stereocenters. The Morgan fingerprint density at radius 3 is 3.15 bits per heavy atom. The number of aromatic amines is 1. The zero-order valence-corrected chi connectivity index (χ0v) is 16.1. The van der Waals surface area contributed by atoms with Gasteiger partial charge >= 0.3 is 6.09 Å². The van der Waals surface area contributed by atoms with Crippen LogP contribution in [0.2, 0.25) is 0 Å². The molecule has 0 aliphatic carbocycles. The number of hydrogen-bond acceptors (Lipinski definition) is 7. The Kier molecular flexibility index (Phi) is 5.24. The number of hydrogen-bond donors (Lipinski definition) is 4. The molecule has 2 aromatic rings. The van der Waals surface area contributed by atoms with Crippen molar-refractivity contribution in [1.29, 1.82) is 0 Å². The Balaban J connectivity index is 1.34. The van der Waals surface area contributed by atoms with Gasteiger partial charge in [-0.05, 0) is 49.6 Å². The predicted molar refractivity (Wildman–Crippen MR) is 103 cm³/mol. The van der Waals surface area contributed by atoms with Crippen LogP contribution in [0.1, 0.15) is 37.6 Å². The van der Waals surface area contributed by atoms with Crippen LogP contribution in [0.4, 0.5) is 16.3 Å². The molecule has 0 bridgehead atoms. The number of benzene rings is 1. The maximum Gasteiger partial charge on any atom is 0.407 e. The molecule has 4 N–H and O–H groups in total. The third kappa shape index (κ3) is 4.37. The summed E-state index contributed by atoms with van der Waals surface area (Å²) in [5.74, 6) is 0.731. The van der Waals surface area contributed by atoms with E-state index in [0.717, 1.165) is 23.7 Å². The maximum atomic E-state index is 11.7. The molecule has 0 radical (unpaired) electrons. The lowest BCUT2D eigenvalue weighted by Gasteiger charge is -2.13. The smallest absolute Gasteiger partial charge is 0.407 e. The third-order valence-corrected chi connectivity index (χ3v) is 5.27. The average molecular weight is 389 g/mol. The van der Waals surface area contributed by atoms with Crippen LogP contribution < -0.4 is 15.4 Å². The maximum absolute atomic E-state index is 11.7. The predicted octanol–water partition coefficient (Wildman–Crippen LogP) is 3.23. The van der Waals surface area contributed by atoms with Gasteiger partial charge in [-0.25, -0.2) is 4.79 Å². The summed E-state index contributed by atoms with van der Waals surface area (Å²) in [5, 5.41) is 13.4. The van der Waals surface area contributed by atoms with Gasteiger partial charge in [-0.2, -0.15) is 5.10 Å². The topological polar surface area (TPSA) is 100 Å². The third-order valence-electron chi connectivity index (χ3n) is 4.36. The van der Waals surface area contributed by atoms with Crippen molar-refractivity contribution in [2.24, 2.45) is 0 Å². The van der Waals surface area contributed by atoms with Gasteiger partial charge in [-0.3, -0.25) is 9.82 Å². The molecule has 144 valence electrons. The van der Waals surface area contributed by atoms with E-state index in [2.05, 4.69) is 37.7 Å². The summed E-state index contributed by atoms with van der Waals surface area (Å²) in [7, 11) is 0. The van der Waals surface area contributed by atoms with Gasteiger partial charge in [0.25, 0.3) is 0 Å². The van der Waals surface area contributed by atoms with Gasteiger partial charge in [0, 0.05) is 35.7 Å². The Morgan fingerprint density at radius 2 is 2.30 bits per heavy atom. The van der Waals surface area contributed by atoms with Crippen LogP contribution in [-0.2, 0) is 16.0 Å². The Morgan fingerprint density at radius 1 is 1.41 bits per heavy atom. The number of anilines is 2. The normalized spacial score (nSPS) is 21.3. The Labute approximate surface area is 161 Å². The molecule has 0 saturated carbocycles. The highest BCUT2D eigenvalue weighted by Gasteiger charge is 2.31. The number of alkyl carbamates (subject to hydrolysis) is 1. The molecule has 3 heterocycles. The molecule has 8 nitrogen and oxygen atoms in total. The van der Waals surface area contributed by atoms with Crippen molar-refractivity contribution in [3.05, 3.63) is 35.5 Å². The van der Waals surface area contributed by atoms with Crippen molar-refractivity contribution >= 4 is 29.5 Å². The highest BCUT2D eigenvalue weighted by atomic mass is 32.2. The van der Waals surface area contributed by atoms with Gasteiger partial charge in [0.2, 0.25) is 0 Å². The van der Waals surface area contributed by atoms with Crippen molar-refractivity contribution in [1.82, 2.24) is 20.2 Å². The molecule has 4 rings (SSSR count). The average Bonchev–Trinajstić information content (AvgIpc) is 3.33. The van der Waals surface area contributed by atoms with E-state index in [4.69, 9.17) is 9.47 Å². The molecule has 27 heavy (non-hydrogen) atoms. The van der Waals surface area contributed by atoms with Crippen LogP contribution >= 0.6 is 11.9 Å². The fourth-order valence-electron chi connectivity index (χ4n) is 3.12. The fraction of sp³-hybridized carbons (Fsp3) is 0.444. The van der Waals surface area contributed by atoms with Gasteiger partial charge in [-0.15, -0.1) is 0 Å². The lowest BCUT2D eigenvalue weighted by molar-refractivity contribution is 0.0682. The highest BCUT2D eigenvalue weighted by molar-refractivity contribution is 7.97. The molecule has 1 saturated heterocycles. The Hall–Kier alpha value is -2.23. The molecular weight excluding hydrogens is 366 g/mol. The molecule has 1 aromatic heterocycles. The van der Waals surface area contributed by atoms with E-state index in [-0.39, 0.29) is 18.2 Å². The summed E-state index contributed by atoms with van der Waals surface area (Å²) in [5.41, 5.74) is 3.14. The van der Waals surface area contributed by atoms with E-state index in [1.165, 1.54) is 10.5 Å². The SMILES string of the molecule is CC(C)NC(=O)OC1COC(c2cc(Nc3ccc4c(c3)CNS4)n[nH]2)C1. The second-order valence-corrected chi connectivity index (χ2v) is 7.90. The number of nitrogens with one attached hydrogen (secondary N) is 4. The van der Waals surface area contributed by atoms with Crippen molar-refractivity contribution in [2.45, 2.75) is 50.0 Å². The van der Waals surface area contributed by atoms with Crippen LogP contribution in [0.3, 0.4) is 0 Å². The van der Waals surface area contributed by atoms with Crippen molar-refractivity contribution in [3.63, 3.8) is 0 Å². The summed E-state index contributed by atoms with van der Waals surface area (Å²) in [6.45, 7) is 5.03. The molecule has 2 atom stereocenters. The zero-order valence-electron chi connectivity index (χ0n) is 15.2. The van der Waals surface area contributed by atoms with Crippen molar-refractivity contribution in [3.8, 4) is 0 Å². The summed E-state index contributed by atoms with van der Waals surface area (Å²) in [6, 6.07) is 8.24. The minimum absolute atomic E-state index is 0.0467. The van der Waals surface area contributed by atoms with Crippen molar-refractivity contribution < 1.29 is 14.3 Å². The lowest BCUT2D eigenvalue weighted by atomic mass is 10.1. The Bertz CT molecular complexity index is 825. The zero-order chi connectivity index (χ0) is 18.8. The van der Waals surface area contributed by atoms with Crippen LogP contribution in [0.5, 0.6) is 0 Å². The standard InChI is InChI=1S/C18H23N5O3S/c1-10(2)20-18(24)26-13-6-15(25-9-13)14-7-17(23-22-14)21-12-3-4-16-11(5-12)8-19-27-16/h3-5,7,10,13,15,19H,6,8-9H2,1-2H3,(H,20,24)(H2,21,22,23). The minimum atomic E-state index is -0.407. The van der Waals surface area contributed by atoms with Crippen LogP contribution in [0, 0.1) is 0 Å². The second kappa shape index (κ2) is 7.79. The highest BCUT2D eigenvalue weighted by Crippen LogP contribution is 2.32. The van der Waals surface area contributed by atoms with Gasteiger partial charge in [-0.1, -0.05) is 0 Å². The summed E-state index contributed by atoms with van der Waals surface area (Å²) < 4.78 is 14.4. The summed E-state index contributed by atoms with van der Waals surface area (Å²) in [6.07, 6.45) is -0.217. The van der Waals surface area contributed by atoms with Crippen LogP contribution in [0.15, 0.2) is 29.2 Å². The molecule has 2 aliphatic heterocycles. The largest absolute Gasteiger partial charge is 0.444 e. The quantitative estimate of drug-likeness (QED) is 0.583. The molecular formula is C18H23N5O3S. The summed E-state index contributed by atoms with van der Waals surface area (Å²) in [4.78, 5) is 13.0. The first-order valence-corrected chi connectivity index (χ1v) is 9.82. The van der Waals surface area contributed by atoms with E-state index >= 15 is 0 Å². The summed E-state index contributed by atoms with van der Waals surface area (Å²) >= 11 is 1.65.